The second-order valence-electron chi connectivity index (χ2n) is 15.3. The van der Waals surface area contributed by atoms with Gasteiger partial charge in [0.15, 0.2) is 0 Å². The summed E-state index contributed by atoms with van der Waals surface area (Å²) in [5, 5.41) is 36.7. The van der Waals surface area contributed by atoms with E-state index in [9.17, 15) is 29.4 Å². The predicted octanol–water partition coefficient (Wildman–Crippen LogP) is 3.54. The molecule has 14 nitrogen and oxygen atoms in total. The maximum atomic E-state index is 13.8. The molecule has 0 aliphatic carbocycles. The molecule has 0 spiro atoms. The molecule has 0 aromatic carbocycles. The van der Waals surface area contributed by atoms with E-state index >= 15 is 0 Å². The number of nitrogens with one attached hydrogen (secondary N) is 3. The van der Waals surface area contributed by atoms with Gasteiger partial charge in [-0.15, -0.1) is 10.2 Å². The van der Waals surface area contributed by atoms with Crippen LogP contribution < -0.4 is 16.0 Å². The smallest absolute Gasteiger partial charge is 0.286 e. The Morgan fingerprint density at radius 3 is 2.22 bits per heavy atom. The number of aromatic hydroxyl groups is 1. The van der Waals surface area contributed by atoms with Crippen LogP contribution in [0.2, 0.25) is 0 Å². The Bertz CT molecular complexity index is 1430. The normalized spacial score (nSPS) is 17.2. The van der Waals surface area contributed by atoms with E-state index < -0.39 is 47.0 Å². The number of hydrogen-bond acceptors (Lipinski definition) is 11. The first-order chi connectivity index (χ1) is 22.8. The summed E-state index contributed by atoms with van der Waals surface area (Å²) in [6, 6.07) is 0.476. The number of amides is 3. The van der Waals surface area contributed by atoms with E-state index in [0.29, 0.717) is 50.2 Å². The first-order valence-corrected chi connectivity index (χ1v) is 17.2. The Kier molecular flexibility index (Phi) is 13.4. The third-order valence-corrected chi connectivity index (χ3v) is 8.65. The summed E-state index contributed by atoms with van der Waals surface area (Å²) in [7, 11) is 0. The number of hydrogen-bond donors (Lipinski definition) is 5. The van der Waals surface area contributed by atoms with Crippen LogP contribution in [-0.2, 0) is 19.8 Å². The van der Waals surface area contributed by atoms with Crippen molar-refractivity contribution in [3.05, 3.63) is 35.8 Å². The van der Waals surface area contributed by atoms with Gasteiger partial charge in [0.1, 0.15) is 24.1 Å². The first-order valence-electron chi connectivity index (χ1n) is 17.2. The number of ketones is 1. The monoisotopic (exact) mass is 685 g/mol. The number of likely N-dealkylation sites (tertiary alicyclic amines) is 1. The minimum Gasteiger partial charge on any atom is -0.506 e. The van der Waals surface area contributed by atoms with Crippen molar-refractivity contribution in [1.82, 2.24) is 36.0 Å². The number of carbonyl (C=O) groups is 4. The average Bonchev–Trinajstić information content (AvgIpc) is 3.71. The SMILES string of the molecule is CC(C)C(NC(=O)C1CCCN1C(=O)C(NC(=O)CCCCC(C)(C)NC(O)c1ccc(O)cn1)C(C)C)C(=O)c1nnc(C(C)(C)C)o1. The summed E-state index contributed by atoms with van der Waals surface area (Å²) in [5.74, 6) is -1.86. The van der Waals surface area contributed by atoms with Gasteiger partial charge in [-0.25, -0.2) is 0 Å². The van der Waals surface area contributed by atoms with Gasteiger partial charge in [-0.3, -0.25) is 29.5 Å². The predicted molar refractivity (Wildman–Crippen MR) is 182 cm³/mol. The first kappa shape index (κ1) is 39.5. The van der Waals surface area contributed by atoms with Crippen LogP contribution in [0.4, 0.5) is 0 Å². The second kappa shape index (κ2) is 16.7. The number of unbranched alkanes of at least 4 members (excludes halogenated alkanes) is 1. The Morgan fingerprint density at radius 1 is 0.980 bits per heavy atom. The van der Waals surface area contributed by atoms with Crippen LogP contribution in [0.3, 0.4) is 0 Å². The lowest BCUT2D eigenvalue weighted by Crippen LogP contribution is -2.57. The number of pyridine rings is 1. The molecular weight excluding hydrogens is 630 g/mol. The van der Waals surface area contributed by atoms with E-state index in [0.717, 1.165) is 0 Å². The van der Waals surface area contributed by atoms with Gasteiger partial charge < -0.3 is 30.2 Å². The molecule has 2 aromatic rings. The molecule has 4 unspecified atom stereocenters. The van der Waals surface area contributed by atoms with Crippen LogP contribution in [0.1, 0.15) is 129 Å². The van der Waals surface area contributed by atoms with E-state index in [1.807, 2.05) is 62.3 Å². The van der Waals surface area contributed by atoms with Crippen molar-refractivity contribution in [2.45, 2.75) is 136 Å². The number of nitrogens with zero attached hydrogens (tertiary/aromatic N) is 4. The molecule has 1 saturated heterocycles. The van der Waals surface area contributed by atoms with E-state index in [4.69, 9.17) is 4.42 Å². The lowest BCUT2D eigenvalue weighted by atomic mass is 9.96. The molecule has 1 aliphatic rings. The molecule has 3 heterocycles. The standard InChI is InChI=1S/C35H55N7O7/c1-20(2)26(28(45)31-40-41-33(49-31)34(5,6)7)38-30(47)24-13-12-18-42(24)32(48)27(21(3)4)37-25(44)14-10-11-17-35(8,9)39-29(46)23-16-15-22(43)19-36-23/h15-16,19-21,24,26-27,29,39,43,46H,10-14,17-18H2,1-9H3,(H,37,44)(H,38,47). The molecule has 0 saturated carbocycles. The number of rotatable bonds is 16. The van der Waals surface area contributed by atoms with Crippen LogP contribution in [0.15, 0.2) is 22.7 Å². The molecule has 1 fully saturated rings. The van der Waals surface area contributed by atoms with E-state index in [-0.39, 0.29) is 41.7 Å². The maximum absolute atomic E-state index is 13.8. The van der Waals surface area contributed by atoms with Gasteiger partial charge >= 0.3 is 0 Å². The third-order valence-electron chi connectivity index (χ3n) is 8.65. The molecular formula is C35H55N7O7. The number of aliphatic hydroxyl groups is 1. The highest BCUT2D eigenvalue weighted by molar-refractivity contribution is 6.00. The fourth-order valence-corrected chi connectivity index (χ4v) is 5.71. The Morgan fingerprint density at radius 2 is 1.65 bits per heavy atom. The van der Waals surface area contributed by atoms with Crippen LogP contribution >= 0.6 is 0 Å². The quantitative estimate of drug-likeness (QED) is 0.0984. The topological polar surface area (TPSA) is 200 Å². The van der Waals surface area contributed by atoms with E-state index in [2.05, 4.69) is 31.1 Å². The van der Waals surface area contributed by atoms with Crippen molar-refractivity contribution in [1.29, 1.82) is 0 Å². The summed E-state index contributed by atoms with van der Waals surface area (Å²) in [6.07, 6.45) is 3.44. The van der Waals surface area contributed by atoms with Gasteiger partial charge in [-0.2, -0.15) is 0 Å². The van der Waals surface area contributed by atoms with Crippen molar-refractivity contribution in [2.24, 2.45) is 11.8 Å². The van der Waals surface area contributed by atoms with Crippen LogP contribution in [0.5, 0.6) is 5.75 Å². The Balaban J connectivity index is 1.55. The Hall–Kier alpha value is -3.91. The van der Waals surface area contributed by atoms with E-state index in [1.54, 1.807) is 6.07 Å². The molecule has 0 radical (unpaired) electrons. The zero-order valence-electron chi connectivity index (χ0n) is 30.4. The summed E-state index contributed by atoms with van der Waals surface area (Å²) in [5.41, 5.74) is -0.515. The fourth-order valence-electron chi connectivity index (χ4n) is 5.71. The third kappa shape index (κ3) is 11.0. The van der Waals surface area contributed by atoms with Crippen molar-refractivity contribution in [3.63, 3.8) is 0 Å². The van der Waals surface area contributed by atoms with Crippen molar-refractivity contribution in [3.8, 4) is 5.75 Å². The van der Waals surface area contributed by atoms with Gasteiger partial charge in [-0.05, 0) is 63.5 Å². The molecule has 1 aliphatic heterocycles. The minimum atomic E-state index is -1.02. The fraction of sp³-hybridized carbons (Fsp3) is 0.686. The number of Topliss-reactive ketones (excluding diaryl/α,β-unsaturated/α-hetero) is 1. The summed E-state index contributed by atoms with van der Waals surface area (Å²) < 4.78 is 5.64. The second-order valence-corrected chi connectivity index (χ2v) is 15.3. The molecule has 49 heavy (non-hydrogen) atoms. The number of aliphatic hydroxyl groups excluding tert-OH is 1. The summed E-state index contributed by atoms with van der Waals surface area (Å²) in [4.78, 5) is 59.2. The molecule has 2 aromatic heterocycles. The summed E-state index contributed by atoms with van der Waals surface area (Å²) in [6.45, 7) is 17.2. The molecule has 3 amide bonds. The highest BCUT2D eigenvalue weighted by Crippen LogP contribution is 2.24. The van der Waals surface area contributed by atoms with Crippen molar-refractivity contribution < 1.29 is 33.8 Å². The minimum absolute atomic E-state index is 0.0148. The lowest BCUT2D eigenvalue weighted by molar-refractivity contribution is -0.142. The molecule has 4 atom stereocenters. The molecule has 14 heteroatoms. The average molecular weight is 686 g/mol. The van der Waals surface area contributed by atoms with Crippen molar-refractivity contribution in [2.75, 3.05) is 6.54 Å². The highest BCUT2D eigenvalue weighted by atomic mass is 16.4. The van der Waals surface area contributed by atoms with Crippen LogP contribution in [-0.4, -0.2) is 84.0 Å². The van der Waals surface area contributed by atoms with Gasteiger partial charge in [0.05, 0.1) is 17.9 Å². The molecule has 3 rings (SSSR count). The highest BCUT2D eigenvalue weighted by Gasteiger charge is 2.41. The van der Waals surface area contributed by atoms with Gasteiger partial charge in [-0.1, -0.05) is 54.9 Å². The van der Waals surface area contributed by atoms with Crippen molar-refractivity contribution >= 4 is 23.5 Å². The largest absolute Gasteiger partial charge is 0.506 e. The lowest BCUT2D eigenvalue weighted by Gasteiger charge is -2.31. The van der Waals surface area contributed by atoms with Gasteiger partial charge in [0.2, 0.25) is 29.4 Å². The maximum Gasteiger partial charge on any atom is 0.286 e. The number of carbonyl (C=O) groups excluding carboxylic acids is 4. The Labute approximate surface area is 289 Å². The molecule has 0 bridgehead atoms. The summed E-state index contributed by atoms with van der Waals surface area (Å²) >= 11 is 0. The molecule has 272 valence electrons. The zero-order chi connectivity index (χ0) is 36.7. The van der Waals surface area contributed by atoms with E-state index in [1.165, 1.54) is 17.2 Å². The number of aromatic nitrogens is 3. The zero-order valence-corrected chi connectivity index (χ0v) is 30.4. The van der Waals surface area contributed by atoms with Crippen LogP contribution in [0.25, 0.3) is 0 Å². The molecule has 5 N–H and O–H groups in total. The van der Waals surface area contributed by atoms with Gasteiger partial charge in [0, 0.05) is 23.9 Å². The van der Waals surface area contributed by atoms with Gasteiger partial charge in [0.25, 0.3) is 5.89 Å². The van der Waals surface area contributed by atoms with Crippen LogP contribution in [0, 0.1) is 11.8 Å².